The monoisotopic (exact) mass is 248 g/mol. The average molecular weight is 249 g/mol. The van der Waals surface area contributed by atoms with E-state index >= 15 is 0 Å². The van der Waals surface area contributed by atoms with Crippen LogP contribution in [0.25, 0.3) is 11.1 Å². The molecule has 2 aromatic rings. The largest absolute Gasteiger partial charge is 0.290 e. The minimum atomic E-state index is -0.278. The van der Waals surface area contributed by atoms with E-state index in [9.17, 15) is 4.79 Å². The maximum Gasteiger partial charge on any atom is 0.265 e. The van der Waals surface area contributed by atoms with Crippen LogP contribution in [0, 0.1) is 0 Å². The van der Waals surface area contributed by atoms with Gasteiger partial charge in [0.1, 0.15) is 0 Å². The summed E-state index contributed by atoms with van der Waals surface area (Å²) < 4.78 is 0. The van der Waals surface area contributed by atoms with Crippen LogP contribution in [-0.2, 0) is 0 Å². The summed E-state index contributed by atoms with van der Waals surface area (Å²) in [5.41, 5.74) is 4.86. The standard InChI is InChI=1S/C13H12N2O.ClH/c14-15-13(16)12-8-6-11(7-9-12)10-4-2-1-3-5-10;/h1-9H,14H2,(H,15,16);1H. The summed E-state index contributed by atoms with van der Waals surface area (Å²) in [6.45, 7) is 0. The summed E-state index contributed by atoms with van der Waals surface area (Å²) in [4.78, 5) is 11.2. The normalized spacial score (nSPS) is 9.24. The van der Waals surface area contributed by atoms with Gasteiger partial charge < -0.3 is 0 Å². The number of nitrogen functional groups attached to an aromatic ring is 1. The maximum atomic E-state index is 11.2. The third kappa shape index (κ3) is 3.06. The minimum Gasteiger partial charge on any atom is -0.290 e. The molecule has 0 spiro atoms. The van der Waals surface area contributed by atoms with Gasteiger partial charge in [-0.05, 0) is 23.3 Å². The van der Waals surface area contributed by atoms with Crippen molar-refractivity contribution in [3.8, 4) is 11.1 Å². The molecule has 0 aliphatic carbocycles. The second-order valence-corrected chi connectivity index (χ2v) is 3.42. The second-order valence-electron chi connectivity index (χ2n) is 3.42. The highest BCUT2D eigenvalue weighted by atomic mass is 35.5. The van der Waals surface area contributed by atoms with Crippen LogP contribution in [0.1, 0.15) is 10.4 Å². The lowest BCUT2D eigenvalue weighted by Crippen LogP contribution is -2.29. The number of carbonyl (C=O) groups is 1. The lowest BCUT2D eigenvalue weighted by molar-refractivity contribution is 0.0953. The van der Waals surface area contributed by atoms with Crippen LogP contribution in [0.3, 0.4) is 0 Å². The summed E-state index contributed by atoms with van der Waals surface area (Å²) >= 11 is 0. The van der Waals surface area contributed by atoms with Gasteiger partial charge in [-0.1, -0.05) is 42.5 Å². The quantitative estimate of drug-likeness (QED) is 0.487. The molecule has 2 aromatic carbocycles. The number of halogens is 1. The molecule has 0 saturated heterocycles. The molecule has 0 aromatic heterocycles. The Labute approximate surface area is 106 Å². The number of nitrogens with one attached hydrogen (secondary N) is 1. The number of rotatable bonds is 2. The van der Waals surface area contributed by atoms with Gasteiger partial charge in [0.25, 0.3) is 5.91 Å². The minimum absolute atomic E-state index is 0. The van der Waals surface area contributed by atoms with Crippen molar-refractivity contribution in [3.63, 3.8) is 0 Å². The first kappa shape index (κ1) is 13.2. The molecule has 17 heavy (non-hydrogen) atoms. The van der Waals surface area contributed by atoms with Crippen molar-refractivity contribution in [2.45, 2.75) is 0 Å². The van der Waals surface area contributed by atoms with E-state index in [0.29, 0.717) is 5.56 Å². The maximum absolute atomic E-state index is 11.2. The van der Waals surface area contributed by atoms with Crippen LogP contribution in [0.4, 0.5) is 0 Å². The predicted octanol–water partition coefficient (Wildman–Crippen LogP) is 2.38. The van der Waals surface area contributed by atoms with Gasteiger partial charge in [-0.2, -0.15) is 0 Å². The Morgan fingerprint density at radius 2 is 1.41 bits per heavy atom. The van der Waals surface area contributed by atoms with Crippen molar-refractivity contribution < 1.29 is 4.79 Å². The zero-order valence-corrected chi connectivity index (χ0v) is 9.91. The molecule has 0 atom stereocenters. The molecule has 0 fully saturated rings. The summed E-state index contributed by atoms with van der Waals surface area (Å²) in [6.07, 6.45) is 0. The third-order valence-corrected chi connectivity index (χ3v) is 2.39. The lowest BCUT2D eigenvalue weighted by atomic mass is 10.0. The molecular weight excluding hydrogens is 236 g/mol. The van der Waals surface area contributed by atoms with E-state index in [-0.39, 0.29) is 18.3 Å². The number of amides is 1. The lowest BCUT2D eigenvalue weighted by Gasteiger charge is -2.03. The molecule has 3 N–H and O–H groups in total. The molecule has 2 rings (SSSR count). The fourth-order valence-corrected chi connectivity index (χ4v) is 1.53. The molecular formula is C13H13ClN2O. The van der Waals surface area contributed by atoms with Gasteiger partial charge in [-0.3, -0.25) is 10.2 Å². The fourth-order valence-electron chi connectivity index (χ4n) is 1.53. The first-order chi connectivity index (χ1) is 7.81. The highest BCUT2D eigenvalue weighted by molar-refractivity contribution is 5.94. The van der Waals surface area contributed by atoms with Crippen molar-refractivity contribution in [2.75, 3.05) is 0 Å². The summed E-state index contributed by atoms with van der Waals surface area (Å²) in [5, 5.41) is 0. The Hall–Kier alpha value is -1.84. The first-order valence-corrected chi connectivity index (χ1v) is 4.97. The molecule has 0 aliphatic rings. The summed E-state index contributed by atoms with van der Waals surface area (Å²) in [6, 6.07) is 17.3. The Bertz CT molecular complexity index is 483. The SMILES string of the molecule is Cl.NNC(=O)c1ccc(-c2ccccc2)cc1. The van der Waals surface area contributed by atoms with Crippen LogP contribution < -0.4 is 11.3 Å². The third-order valence-electron chi connectivity index (χ3n) is 2.39. The summed E-state index contributed by atoms with van der Waals surface area (Å²) in [5.74, 6) is 4.78. The van der Waals surface area contributed by atoms with Gasteiger partial charge in [0.15, 0.2) is 0 Å². The molecule has 0 bridgehead atoms. The van der Waals surface area contributed by atoms with Crippen molar-refractivity contribution in [1.29, 1.82) is 0 Å². The van der Waals surface area contributed by atoms with E-state index in [0.717, 1.165) is 11.1 Å². The van der Waals surface area contributed by atoms with Crippen LogP contribution in [0.15, 0.2) is 54.6 Å². The fraction of sp³-hybridized carbons (Fsp3) is 0. The molecule has 0 heterocycles. The summed E-state index contributed by atoms with van der Waals surface area (Å²) in [7, 11) is 0. The molecule has 88 valence electrons. The number of hydrogen-bond donors (Lipinski definition) is 2. The van der Waals surface area contributed by atoms with Crippen LogP contribution >= 0.6 is 12.4 Å². The van der Waals surface area contributed by atoms with Crippen molar-refractivity contribution in [3.05, 3.63) is 60.2 Å². The highest BCUT2D eigenvalue weighted by Crippen LogP contribution is 2.18. The van der Waals surface area contributed by atoms with Crippen molar-refractivity contribution in [1.82, 2.24) is 5.43 Å². The number of carbonyl (C=O) groups excluding carboxylic acids is 1. The number of benzene rings is 2. The van der Waals surface area contributed by atoms with Crippen LogP contribution in [0.2, 0.25) is 0 Å². The molecule has 0 aliphatic heterocycles. The number of nitrogens with two attached hydrogens (primary N) is 1. The van der Waals surface area contributed by atoms with Gasteiger partial charge in [0.05, 0.1) is 0 Å². The second kappa shape index (κ2) is 6.03. The number of hydrogen-bond acceptors (Lipinski definition) is 2. The van der Waals surface area contributed by atoms with Crippen molar-refractivity contribution in [2.24, 2.45) is 5.84 Å². The average Bonchev–Trinajstić information content (AvgIpc) is 2.39. The highest BCUT2D eigenvalue weighted by Gasteiger charge is 2.03. The van der Waals surface area contributed by atoms with Crippen molar-refractivity contribution >= 4 is 18.3 Å². The topological polar surface area (TPSA) is 55.1 Å². The van der Waals surface area contributed by atoms with Crippen LogP contribution in [0.5, 0.6) is 0 Å². The molecule has 3 nitrogen and oxygen atoms in total. The smallest absolute Gasteiger partial charge is 0.265 e. The Morgan fingerprint density at radius 1 is 0.882 bits per heavy atom. The van der Waals surface area contributed by atoms with E-state index in [4.69, 9.17) is 5.84 Å². The van der Waals surface area contributed by atoms with Gasteiger partial charge in [0.2, 0.25) is 0 Å². The Balaban J connectivity index is 0.00000144. The zero-order chi connectivity index (χ0) is 11.4. The number of hydrazine groups is 1. The van der Waals surface area contributed by atoms with E-state index in [1.165, 1.54) is 0 Å². The first-order valence-electron chi connectivity index (χ1n) is 4.97. The predicted molar refractivity (Wildman–Crippen MR) is 70.8 cm³/mol. The molecule has 0 radical (unpaired) electrons. The van der Waals surface area contributed by atoms with E-state index in [1.807, 2.05) is 42.5 Å². The van der Waals surface area contributed by atoms with Gasteiger partial charge in [0, 0.05) is 5.56 Å². The van der Waals surface area contributed by atoms with Crippen LogP contribution in [-0.4, -0.2) is 5.91 Å². The molecule has 0 unspecified atom stereocenters. The molecule has 4 heteroatoms. The van der Waals surface area contributed by atoms with E-state index < -0.39 is 0 Å². The molecule has 0 saturated carbocycles. The molecule has 1 amide bonds. The van der Waals surface area contributed by atoms with E-state index in [2.05, 4.69) is 5.43 Å². The van der Waals surface area contributed by atoms with Gasteiger partial charge >= 0.3 is 0 Å². The van der Waals surface area contributed by atoms with Gasteiger partial charge in [-0.15, -0.1) is 12.4 Å². The van der Waals surface area contributed by atoms with E-state index in [1.54, 1.807) is 12.1 Å². The zero-order valence-electron chi connectivity index (χ0n) is 9.09. The van der Waals surface area contributed by atoms with Gasteiger partial charge in [-0.25, -0.2) is 5.84 Å². The Kier molecular flexibility index (Phi) is 4.69. The Morgan fingerprint density at radius 3 is 1.94 bits per heavy atom.